The molecule has 0 aliphatic carbocycles. The van der Waals surface area contributed by atoms with Crippen molar-refractivity contribution < 1.29 is 10.2 Å². The van der Waals surface area contributed by atoms with Crippen LogP contribution in [0.4, 0.5) is 5.69 Å². The first kappa shape index (κ1) is 14.4. The van der Waals surface area contributed by atoms with E-state index < -0.39 is 0 Å². The number of rotatable bonds is 6. The molecule has 1 aliphatic heterocycles. The van der Waals surface area contributed by atoms with Gasteiger partial charge in [0.15, 0.2) is 0 Å². The molecule has 0 aromatic heterocycles. The van der Waals surface area contributed by atoms with Crippen LogP contribution in [0.1, 0.15) is 50.7 Å². The molecule has 0 saturated carbocycles. The minimum Gasteiger partial charge on any atom is -0.396 e. The summed E-state index contributed by atoms with van der Waals surface area (Å²) in [6.45, 7) is 3.38. The Hall–Kier alpha value is -1.06. The summed E-state index contributed by atoms with van der Waals surface area (Å²) in [7, 11) is 0. The van der Waals surface area contributed by atoms with Gasteiger partial charge in [0.25, 0.3) is 0 Å². The fourth-order valence-corrected chi connectivity index (χ4v) is 2.93. The zero-order valence-corrected chi connectivity index (χ0v) is 11.8. The fourth-order valence-electron chi connectivity index (χ4n) is 2.93. The highest BCUT2D eigenvalue weighted by Crippen LogP contribution is 2.29. The fraction of sp³-hybridized carbons (Fsp3) is 0.625. The van der Waals surface area contributed by atoms with E-state index in [9.17, 15) is 5.11 Å². The van der Waals surface area contributed by atoms with Crippen molar-refractivity contribution in [3.05, 3.63) is 29.8 Å². The van der Waals surface area contributed by atoms with Crippen molar-refractivity contribution in [3.8, 4) is 0 Å². The SMILES string of the molecule is CC[C@@H](O)c1ccc(N2CCCC2CCCO)cc1. The van der Waals surface area contributed by atoms with E-state index in [4.69, 9.17) is 5.11 Å². The second kappa shape index (κ2) is 6.92. The van der Waals surface area contributed by atoms with Crippen LogP contribution in [0.3, 0.4) is 0 Å². The number of hydrogen-bond donors (Lipinski definition) is 2. The Morgan fingerprint density at radius 2 is 2.05 bits per heavy atom. The predicted molar refractivity (Wildman–Crippen MR) is 78.4 cm³/mol. The third-order valence-electron chi connectivity index (χ3n) is 4.07. The highest BCUT2D eigenvalue weighted by atomic mass is 16.3. The second-order valence-corrected chi connectivity index (χ2v) is 5.37. The van der Waals surface area contributed by atoms with Crippen molar-refractivity contribution >= 4 is 5.69 Å². The van der Waals surface area contributed by atoms with E-state index in [1.54, 1.807) is 0 Å². The Labute approximate surface area is 115 Å². The molecule has 1 aromatic carbocycles. The van der Waals surface area contributed by atoms with E-state index in [2.05, 4.69) is 17.0 Å². The Bertz CT molecular complexity index is 377. The van der Waals surface area contributed by atoms with E-state index in [0.717, 1.165) is 31.4 Å². The third-order valence-corrected chi connectivity index (χ3v) is 4.07. The Morgan fingerprint density at radius 1 is 1.32 bits per heavy atom. The van der Waals surface area contributed by atoms with Gasteiger partial charge in [-0.25, -0.2) is 0 Å². The smallest absolute Gasteiger partial charge is 0.0787 e. The molecule has 1 fully saturated rings. The van der Waals surface area contributed by atoms with Crippen LogP contribution in [-0.4, -0.2) is 29.4 Å². The van der Waals surface area contributed by atoms with Crippen LogP contribution in [0, 0.1) is 0 Å². The zero-order chi connectivity index (χ0) is 13.7. The van der Waals surface area contributed by atoms with Crippen LogP contribution in [-0.2, 0) is 0 Å². The summed E-state index contributed by atoms with van der Waals surface area (Å²) in [5.41, 5.74) is 2.24. The monoisotopic (exact) mass is 263 g/mol. The number of aliphatic hydroxyl groups is 2. The van der Waals surface area contributed by atoms with Gasteiger partial charge in [0.1, 0.15) is 0 Å². The average Bonchev–Trinajstić information content (AvgIpc) is 2.92. The molecule has 106 valence electrons. The topological polar surface area (TPSA) is 43.7 Å². The minimum absolute atomic E-state index is 0.284. The highest BCUT2D eigenvalue weighted by Gasteiger charge is 2.24. The number of anilines is 1. The molecule has 3 heteroatoms. The van der Waals surface area contributed by atoms with E-state index in [-0.39, 0.29) is 12.7 Å². The summed E-state index contributed by atoms with van der Waals surface area (Å²) < 4.78 is 0. The lowest BCUT2D eigenvalue weighted by Gasteiger charge is -2.27. The molecule has 0 radical (unpaired) electrons. The van der Waals surface area contributed by atoms with Gasteiger partial charge in [0, 0.05) is 24.9 Å². The first-order chi connectivity index (χ1) is 9.26. The van der Waals surface area contributed by atoms with E-state index in [0.29, 0.717) is 6.04 Å². The average molecular weight is 263 g/mol. The lowest BCUT2D eigenvalue weighted by Crippen LogP contribution is -2.29. The first-order valence-electron chi connectivity index (χ1n) is 7.41. The van der Waals surface area contributed by atoms with Crippen molar-refractivity contribution in [1.82, 2.24) is 0 Å². The van der Waals surface area contributed by atoms with Gasteiger partial charge in [0.2, 0.25) is 0 Å². The van der Waals surface area contributed by atoms with Crippen molar-refractivity contribution in [2.45, 2.75) is 51.2 Å². The van der Waals surface area contributed by atoms with Crippen LogP contribution >= 0.6 is 0 Å². The largest absolute Gasteiger partial charge is 0.396 e. The number of benzene rings is 1. The quantitative estimate of drug-likeness (QED) is 0.829. The maximum atomic E-state index is 9.81. The van der Waals surface area contributed by atoms with Gasteiger partial charge in [-0.3, -0.25) is 0 Å². The van der Waals surface area contributed by atoms with Crippen molar-refractivity contribution in [2.75, 3.05) is 18.1 Å². The van der Waals surface area contributed by atoms with E-state index in [1.807, 2.05) is 19.1 Å². The van der Waals surface area contributed by atoms with Crippen molar-refractivity contribution in [3.63, 3.8) is 0 Å². The third kappa shape index (κ3) is 3.48. The van der Waals surface area contributed by atoms with Crippen LogP contribution < -0.4 is 4.90 Å². The standard InChI is InChI=1S/C16H25NO2/c1-2-16(19)13-7-9-15(10-8-13)17-11-3-5-14(17)6-4-12-18/h7-10,14,16,18-19H,2-6,11-12H2,1H3/t14?,16-/m1/s1. The molecule has 1 aromatic rings. The van der Waals surface area contributed by atoms with Gasteiger partial charge in [-0.15, -0.1) is 0 Å². The summed E-state index contributed by atoms with van der Waals surface area (Å²) in [6, 6.07) is 8.86. The van der Waals surface area contributed by atoms with Gasteiger partial charge in [0.05, 0.1) is 6.10 Å². The molecule has 3 nitrogen and oxygen atoms in total. The predicted octanol–water partition coefficient (Wildman–Crippen LogP) is 2.87. The molecular weight excluding hydrogens is 238 g/mol. The normalized spacial score (nSPS) is 20.8. The molecule has 1 saturated heterocycles. The van der Waals surface area contributed by atoms with Crippen LogP contribution in [0.5, 0.6) is 0 Å². The summed E-state index contributed by atoms with van der Waals surface area (Å²) in [6.07, 6.45) is 4.80. The van der Waals surface area contributed by atoms with Gasteiger partial charge in [-0.2, -0.15) is 0 Å². The van der Waals surface area contributed by atoms with Crippen molar-refractivity contribution in [2.24, 2.45) is 0 Å². The molecule has 1 aliphatic rings. The molecule has 1 unspecified atom stereocenters. The molecule has 19 heavy (non-hydrogen) atoms. The second-order valence-electron chi connectivity index (χ2n) is 5.37. The van der Waals surface area contributed by atoms with Gasteiger partial charge >= 0.3 is 0 Å². The number of nitrogens with zero attached hydrogens (tertiary/aromatic N) is 1. The maximum Gasteiger partial charge on any atom is 0.0787 e. The molecule has 1 heterocycles. The lowest BCUT2D eigenvalue weighted by molar-refractivity contribution is 0.173. The minimum atomic E-state index is -0.349. The molecule has 2 N–H and O–H groups in total. The summed E-state index contributed by atoms with van der Waals surface area (Å²) in [4.78, 5) is 2.44. The van der Waals surface area contributed by atoms with Gasteiger partial charge in [-0.1, -0.05) is 19.1 Å². The highest BCUT2D eigenvalue weighted by molar-refractivity contribution is 5.49. The van der Waals surface area contributed by atoms with Crippen LogP contribution in [0.2, 0.25) is 0 Å². The summed E-state index contributed by atoms with van der Waals surface area (Å²) >= 11 is 0. The summed E-state index contributed by atoms with van der Waals surface area (Å²) in [5.74, 6) is 0. The number of hydrogen-bond acceptors (Lipinski definition) is 3. The molecule has 0 bridgehead atoms. The van der Waals surface area contributed by atoms with Crippen LogP contribution in [0.15, 0.2) is 24.3 Å². The van der Waals surface area contributed by atoms with Crippen molar-refractivity contribution in [1.29, 1.82) is 0 Å². The van der Waals surface area contributed by atoms with Gasteiger partial charge in [-0.05, 0) is 49.8 Å². The van der Waals surface area contributed by atoms with E-state index >= 15 is 0 Å². The Balaban J connectivity index is 2.04. The van der Waals surface area contributed by atoms with Crippen LogP contribution in [0.25, 0.3) is 0 Å². The summed E-state index contributed by atoms with van der Waals surface area (Å²) in [5, 5.41) is 18.8. The Morgan fingerprint density at radius 3 is 2.68 bits per heavy atom. The van der Waals surface area contributed by atoms with Gasteiger partial charge < -0.3 is 15.1 Å². The lowest BCUT2D eigenvalue weighted by atomic mass is 10.1. The number of aliphatic hydroxyl groups excluding tert-OH is 2. The molecule has 2 atom stereocenters. The first-order valence-corrected chi connectivity index (χ1v) is 7.41. The molecule has 0 spiro atoms. The molecular formula is C16H25NO2. The molecule has 0 amide bonds. The molecule has 2 rings (SSSR count). The Kier molecular flexibility index (Phi) is 5.23. The van der Waals surface area contributed by atoms with E-state index in [1.165, 1.54) is 18.5 Å². The maximum absolute atomic E-state index is 9.81. The zero-order valence-electron chi connectivity index (χ0n) is 11.8.